The molecule has 12 heteroatoms. The van der Waals surface area contributed by atoms with Crippen LogP contribution in [0, 0.1) is 11.8 Å². The Morgan fingerprint density at radius 2 is 1.72 bits per heavy atom. The summed E-state index contributed by atoms with van der Waals surface area (Å²) in [6.07, 6.45) is 1.97. The highest BCUT2D eigenvalue weighted by Crippen LogP contribution is 2.43. The van der Waals surface area contributed by atoms with E-state index in [2.05, 4.69) is 5.32 Å². The van der Waals surface area contributed by atoms with Gasteiger partial charge in [-0.1, -0.05) is 30.3 Å². The number of carbonyl (C=O) groups excluding carboxylic acids is 4. The number of ether oxygens (including phenoxy) is 4. The van der Waals surface area contributed by atoms with Crippen LogP contribution in [0.4, 0.5) is 16.2 Å². The van der Waals surface area contributed by atoms with Gasteiger partial charge >= 0.3 is 6.09 Å². The first kappa shape index (κ1) is 37.1. The third-order valence-electron chi connectivity index (χ3n) is 9.19. The molecule has 50 heavy (non-hydrogen) atoms. The first-order valence-electron chi connectivity index (χ1n) is 17.5. The molecule has 0 radical (unpaired) electrons. The second-order valence-electron chi connectivity index (χ2n) is 14.9. The first-order valence-corrected chi connectivity index (χ1v) is 17.5. The number of amides is 4. The molecule has 2 fully saturated rings. The summed E-state index contributed by atoms with van der Waals surface area (Å²) in [4.78, 5) is 60.5. The lowest BCUT2D eigenvalue weighted by molar-refractivity contribution is -0.133. The summed E-state index contributed by atoms with van der Waals surface area (Å²) in [6.45, 7) is 10.3. The van der Waals surface area contributed by atoms with Crippen molar-refractivity contribution >= 4 is 35.2 Å². The summed E-state index contributed by atoms with van der Waals surface area (Å²) in [5.41, 5.74) is 0.338. The highest BCUT2D eigenvalue weighted by Gasteiger charge is 2.45. The van der Waals surface area contributed by atoms with Gasteiger partial charge in [-0.3, -0.25) is 14.4 Å². The van der Waals surface area contributed by atoms with Gasteiger partial charge in [-0.15, -0.1) is 0 Å². The summed E-state index contributed by atoms with van der Waals surface area (Å²) in [7, 11) is 3.21. The SMILES string of the molecule is COCCCN1C(=O)C(C)(C)Oc2ccc(N(C(=O)[C@@H]3C[C@H](C(=O)N[C@@H](COC)c4ccccc4)CN(C(=O)OC(C)(C)C)C3)C3CC3)cc21. The van der Waals surface area contributed by atoms with Crippen molar-refractivity contribution in [3.8, 4) is 5.75 Å². The molecule has 272 valence electrons. The third kappa shape index (κ3) is 8.76. The lowest BCUT2D eigenvalue weighted by Crippen LogP contribution is -2.54. The van der Waals surface area contributed by atoms with Crippen LogP contribution in [0.1, 0.15) is 71.9 Å². The number of hydrogen-bond donors (Lipinski definition) is 1. The summed E-state index contributed by atoms with van der Waals surface area (Å²) in [5, 5.41) is 3.11. The quantitative estimate of drug-likeness (QED) is 0.305. The molecule has 1 saturated heterocycles. The number of fused-ring (bicyclic) bond motifs is 1. The number of nitrogens with one attached hydrogen (secondary N) is 1. The average molecular weight is 693 g/mol. The van der Waals surface area contributed by atoms with Crippen LogP contribution < -0.4 is 19.9 Å². The van der Waals surface area contributed by atoms with Crippen LogP contribution >= 0.6 is 0 Å². The molecule has 5 rings (SSSR count). The minimum Gasteiger partial charge on any atom is -0.476 e. The molecule has 2 aliphatic heterocycles. The molecule has 0 aromatic heterocycles. The molecule has 1 saturated carbocycles. The molecule has 3 aliphatic rings. The predicted molar refractivity (Wildman–Crippen MR) is 189 cm³/mol. The van der Waals surface area contributed by atoms with Gasteiger partial charge in [-0.25, -0.2) is 4.79 Å². The standard InChI is InChI=1S/C38H52N4O8/c1-37(2,3)50-36(46)40-22-26(33(43)39-30(24-48-7)25-12-9-8-10-13-25)20-27(23-40)34(44)42(28-14-15-28)29-16-17-32-31(21-29)41(18-11-19-47-6)35(45)38(4,5)49-32/h8-10,12-13,16-17,21,26-28,30H,11,14-15,18-20,22-24H2,1-7H3,(H,39,43)/t26-,27+,30-/m0/s1. The smallest absolute Gasteiger partial charge is 0.410 e. The fourth-order valence-corrected chi connectivity index (χ4v) is 6.65. The Morgan fingerprint density at radius 3 is 2.36 bits per heavy atom. The van der Waals surface area contributed by atoms with E-state index in [9.17, 15) is 19.2 Å². The number of hydrogen-bond acceptors (Lipinski definition) is 8. The summed E-state index contributed by atoms with van der Waals surface area (Å²) in [6, 6.07) is 14.6. The van der Waals surface area contributed by atoms with Gasteiger partial charge in [0, 0.05) is 52.2 Å². The maximum Gasteiger partial charge on any atom is 0.410 e. The topological polar surface area (TPSA) is 127 Å². The fourth-order valence-electron chi connectivity index (χ4n) is 6.65. The number of nitrogens with zero attached hydrogens (tertiary/aromatic N) is 3. The molecule has 1 aliphatic carbocycles. The van der Waals surface area contributed by atoms with E-state index >= 15 is 0 Å². The molecule has 0 unspecified atom stereocenters. The van der Waals surface area contributed by atoms with Gasteiger partial charge in [-0.2, -0.15) is 0 Å². The Hall–Kier alpha value is -4.16. The molecule has 2 heterocycles. The van der Waals surface area contributed by atoms with E-state index in [0.29, 0.717) is 36.7 Å². The lowest BCUT2D eigenvalue weighted by atomic mass is 9.87. The van der Waals surface area contributed by atoms with Gasteiger partial charge in [0.25, 0.3) is 5.91 Å². The van der Waals surface area contributed by atoms with Crippen LogP contribution in [0.2, 0.25) is 0 Å². The van der Waals surface area contributed by atoms with E-state index in [1.54, 1.807) is 58.6 Å². The number of piperidine rings is 1. The molecular weight excluding hydrogens is 640 g/mol. The lowest BCUT2D eigenvalue weighted by Gasteiger charge is -2.40. The van der Waals surface area contributed by atoms with Gasteiger partial charge in [0.1, 0.15) is 11.4 Å². The van der Waals surface area contributed by atoms with Crippen LogP contribution in [-0.2, 0) is 28.6 Å². The Bertz CT molecular complexity index is 1540. The number of anilines is 2. The van der Waals surface area contributed by atoms with Crippen molar-refractivity contribution < 1.29 is 38.1 Å². The maximum absolute atomic E-state index is 14.6. The second kappa shape index (κ2) is 15.4. The molecule has 0 spiro atoms. The van der Waals surface area contributed by atoms with Crippen molar-refractivity contribution in [2.45, 2.75) is 83.6 Å². The third-order valence-corrected chi connectivity index (χ3v) is 9.19. The number of benzene rings is 2. The van der Waals surface area contributed by atoms with Crippen molar-refractivity contribution in [2.24, 2.45) is 11.8 Å². The van der Waals surface area contributed by atoms with E-state index in [-0.39, 0.29) is 49.9 Å². The minimum absolute atomic E-state index is 0.0347. The van der Waals surface area contributed by atoms with Crippen LogP contribution in [0.15, 0.2) is 48.5 Å². The van der Waals surface area contributed by atoms with Gasteiger partial charge in [-0.05, 0) is 84.1 Å². The predicted octanol–water partition coefficient (Wildman–Crippen LogP) is 5.10. The van der Waals surface area contributed by atoms with Crippen molar-refractivity contribution in [1.82, 2.24) is 10.2 Å². The molecule has 2 aromatic rings. The Morgan fingerprint density at radius 1 is 1.02 bits per heavy atom. The Kier molecular flexibility index (Phi) is 11.4. The molecule has 0 bridgehead atoms. The summed E-state index contributed by atoms with van der Waals surface area (Å²) in [5.74, 6) is -1.38. The minimum atomic E-state index is -1.04. The van der Waals surface area contributed by atoms with Gasteiger partial charge in [0.05, 0.1) is 30.2 Å². The molecule has 4 amide bonds. The zero-order chi connectivity index (χ0) is 36.2. The molecule has 1 N–H and O–H groups in total. The number of methoxy groups -OCH3 is 2. The zero-order valence-corrected chi connectivity index (χ0v) is 30.4. The highest BCUT2D eigenvalue weighted by atomic mass is 16.6. The Balaban J connectivity index is 1.43. The molecule has 3 atom stereocenters. The monoisotopic (exact) mass is 692 g/mol. The largest absolute Gasteiger partial charge is 0.476 e. The van der Waals surface area contributed by atoms with Crippen molar-refractivity contribution in [2.75, 3.05) is 56.9 Å². The van der Waals surface area contributed by atoms with Crippen molar-refractivity contribution in [1.29, 1.82) is 0 Å². The van der Waals surface area contributed by atoms with Crippen LogP contribution in [0.25, 0.3) is 0 Å². The van der Waals surface area contributed by atoms with Crippen LogP contribution in [0.3, 0.4) is 0 Å². The van der Waals surface area contributed by atoms with Gasteiger partial charge in [0.2, 0.25) is 11.8 Å². The number of likely N-dealkylation sites (tertiary alicyclic amines) is 1. The maximum atomic E-state index is 14.6. The summed E-state index contributed by atoms with van der Waals surface area (Å²) >= 11 is 0. The molecule has 2 aromatic carbocycles. The Labute approximate surface area is 295 Å². The van der Waals surface area contributed by atoms with Crippen molar-refractivity contribution in [3.63, 3.8) is 0 Å². The highest BCUT2D eigenvalue weighted by molar-refractivity contribution is 6.04. The average Bonchev–Trinajstić information content (AvgIpc) is 3.91. The van der Waals surface area contributed by atoms with Crippen molar-refractivity contribution in [3.05, 3.63) is 54.1 Å². The van der Waals surface area contributed by atoms with E-state index in [1.165, 1.54) is 4.90 Å². The molecule has 12 nitrogen and oxygen atoms in total. The second-order valence-corrected chi connectivity index (χ2v) is 14.9. The fraction of sp³-hybridized carbons (Fsp3) is 0.579. The first-order chi connectivity index (χ1) is 23.7. The number of carbonyl (C=O) groups is 4. The normalized spacial score (nSPS) is 20.7. The van der Waals surface area contributed by atoms with Crippen LogP contribution in [-0.4, -0.2) is 93.0 Å². The number of rotatable bonds is 12. The van der Waals surface area contributed by atoms with Crippen LogP contribution in [0.5, 0.6) is 5.75 Å². The van der Waals surface area contributed by atoms with E-state index in [0.717, 1.165) is 18.4 Å². The van der Waals surface area contributed by atoms with Gasteiger partial charge < -0.3 is 39.0 Å². The molecular formula is C38H52N4O8. The zero-order valence-electron chi connectivity index (χ0n) is 30.4. The van der Waals surface area contributed by atoms with Gasteiger partial charge in [0.15, 0.2) is 5.60 Å². The van der Waals surface area contributed by atoms with E-state index in [4.69, 9.17) is 18.9 Å². The summed E-state index contributed by atoms with van der Waals surface area (Å²) < 4.78 is 22.5. The van der Waals surface area contributed by atoms with E-state index < -0.39 is 35.2 Å². The van der Waals surface area contributed by atoms with E-state index in [1.807, 2.05) is 48.5 Å².